The highest BCUT2D eigenvalue weighted by molar-refractivity contribution is 5.93. The lowest BCUT2D eigenvalue weighted by Gasteiger charge is -2.16. The summed E-state index contributed by atoms with van der Waals surface area (Å²) >= 11 is 0. The maximum absolute atomic E-state index is 12.4. The number of aliphatic hydroxyl groups excluding tert-OH is 1. The van der Waals surface area contributed by atoms with Gasteiger partial charge in [-0.1, -0.05) is 0 Å². The molecule has 0 spiro atoms. The van der Waals surface area contributed by atoms with Gasteiger partial charge in [-0.2, -0.15) is 5.10 Å². The van der Waals surface area contributed by atoms with Gasteiger partial charge in [-0.3, -0.25) is 14.7 Å². The van der Waals surface area contributed by atoms with Gasteiger partial charge in [0.25, 0.3) is 5.91 Å². The lowest BCUT2D eigenvalue weighted by atomic mass is 10.1. The maximum Gasteiger partial charge on any atom is 0.268 e. The van der Waals surface area contributed by atoms with Gasteiger partial charge in [-0.05, 0) is 31.0 Å². The van der Waals surface area contributed by atoms with Crippen molar-refractivity contribution in [3.63, 3.8) is 0 Å². The van der Waals surface area contributed by atoms with Gasteiger partial charge in [-0.15, -0.1) is 0 Å². The predicted molar refractivity (Wildman–Crippen MR) is 96.5 cm³/mol. The van der Waals surface area contributed by atoms with E-state index in [1.54, 1.807) is 37.1 Å². The molecule has 0 aromatic carbocycles. The standard InChI is InChI=1S/C18H25N5O4/c1-23-5-3-4-15(23)18(26)20-14-6-11(7-16(14)24)17(25)19-9-12-8-13(10-27-2)22-21-12/h3-5,8,11,14,16,24H,6-7,9-10H2,1-2H3,(H,19,25)(H,20,26)(H,21,22)/t11-,14-,16-/m0/s1. The number of H-pyrrole nitrogens is 1. The van der Waals surface area contributed by atoms with Crippen molar-refractivity contribution in [3.05, 3.63) is 41.5 Å². The molecule has 2 amide bonds. The lowest BCUT2D eigenvalue weighted by molar-refractivity contribution is -0.125. The number of hydrogen-bond acceptors (Lipinski definition) is 5. The lowest BCUT2D eigenvalue weighted by Crippen LogP contribution is -2.40. The number of aromatic nitrogens is 3. The second-order valence-electron chi connectivity index (χ2n) is 6.86. The third kappa shape index (κ3) is 4.55. The van der Waals surface area contributed by atoms with Crippen molar-refractivity contribution in [1.82, 2.24) is 25.4 Å². The van der Waals surface area contributed by atoms with E-state index in [4.69, 9.17) is 4.74 Å². The van der Waals surface area contributed by atoms with E-state index in [0.717, 1.165) is 11.4 Å². The number of amides is 2. The maximum atomic E-state index is 12.4. The van der Waals surface area contributed by atoms with Crippen LogP contribution in [-0.2, 0) is 29.7 Å². The van der Waals surface area contributed by atoms with E-state index < -0.39 is 12.1 Å². The highest BCUT2D eigenvalue weighted by Crippen LogP contribution is 2.26. The normalized spacial score (nSPS) is 22.0. The third-order valence-electron chi connectivity index (χ3n) is 4.82. The van der Waals surface area contributed by atoms with Crippen molar-refractivity contribution in [2.24, 2.45) is 13.0 Å². The smallest absolute Gasteiger partial charge is 0.268 e. The predicted octanol–water partition coefficient (Wildman–Crippen LogP) is 0.0803. The molecule has 1 saturated carbocycles. The molecule has 0 saturated heterocycles. The number of ether oxygens (including phenoxy) is 1. The molecular weight excluding hydrogens is 350 g/mol. The molecule has 0 unspecified atom stereocenters. The monoisotopic (exact) mass is 375 g/mol. The number of carbonyl (C=O) groups is 2. The second-order valence-corrected chi connectivity index (χ2v) is 6.86. The number of aliphatic hydroxyl groups is 1. The zero-order chi connectivity index (χ0) is 19.4. The van der Waals surface area contributed by atoms with E-state index >= 15 is 0 Å². The van der Waals surface area contributed by atoms with Crippen molar-refractivity contribution in [1.29, 1.82) is 0 Å². The molecule has 27 heavy (non-hydrogen) atoms. The Bertz CT molecular complexity index is 799. The average molecular weight is 375 g/mol. The summed E-state index contributed by atoms with van der Waals surface area (Å²) in [5, 5.41) is 22.8. The van der Waals surface area contributed by atoms with E-state index in [-0.39, 0.29) is 17.7 Å². The SMILES string of the molecule is COCc1cc(CNC(=O)[C@H]2C[C@H](NC(=O)c3cccn3C)[C@@H](O)C2)[nH]n1. The fraction of sp³-hybridized carbons (Fsp3) is 0.500. The number of carbonyl (C=O) groups excluding carboxylic acids is 2. The first-order chi connectivity index (χ1) is 13.0. The number of methoxy groups -OCH3 is 1. The van der Waals surface area contributed by atoms with Gasteiger partial charge in [0.2, 0.25) is 5.91 Å². The van der Waals surface area contributed by atoms with Crippen LogP contribution in [0.5, 0.6) is 0 Å². The van der Waals surface area contributed by atoms with Gasteiger partial charge >= 0.3 is 0 Å². The number of rotatable bonds is 7. The highest BCUT2D eigenvalue weighted by atomic mass is 16.5. The minimum absolute atomic E-state index is 0.146. The largest absolute Gasteiger partial charge is 0.391 e. The van der Waals surface area contributed by atoms with Crippen LogP contribution in [0.15, 0.2) is 24.4 Å². The molecule has 3 atom stereocenters. The summed E-state index contributed by atoms with van der Waals surface area (Å²) in [5.41, 5.74) is 2.06. The van der Waals surface area contributed by atoms with E-state index in [1.807, 2.05) is 6.07 Å². The van der Waals surface area contributed by atoms with E-state index in [1.165, 1.54) is 0 Å². The molecule has 0 bridgehead atoms. The summed E-state index contributed by atoms with van der Waals surface area (Å²) in [4.78, 5) is 24.7. The Morgan fingerprint density at radius 3 is 2.96 bits per heavy atom. The summed E-state index contributed by atoms with van der Waals surface area (Å²) in [6.07, 6.45) is 1.76. The van der Waals surface area contributed by atoms with Crippen LogP contribution in [0.3, 0.4) is 0 Å². The van der Waals surface area contributed by atoms with E-state index in [9.17, 15) is 14.7 Å². The molecule has 2 aromatic heterocycles. The van der Waals surface area contributed by atoms with Crippen molar-refractivity contribution in [2.75, 3.05) is 7.11 Å². The zero-order valence-corrected chi connectivity index (χ0v) is 15.4. The second kappa shape index (κ2) is 8.36. The van der Waals surface area contributed by atoms with Crippen LogP contribution >= 0.6 is 0 Å². The first kappa shape index (κ1) is 19.1. The Morgan fingerprint density at radius 1 is 1.44 bits per heavy atom. The molecule has 0 aliphatic heterocycles. The molecule has 1 aliphatic rings. The molecule has 3 rings (SSSR count). The minimum Gasteiger partial charge on any atom is -0.391 e. The van der Waals surface area contributed by atoms with Crippen LogP contribution < -0.4 is 10.6 Å². The molecule has 9 heteroatoms. The van der Waals surface area contributed by atoms with Crippen LogP contribution in [0.25, 0.3) is 0 Å². The van der Waals surface area contributed by atoms with E-state index in [0.29, 0.717) is 31.7 Å². The number of aromatic amines is 1. The van der Waals surface area contributed by atoms with E-state index in [2.05, 4.69) is 20.8 Å². The summed E-state index contributed by atoms with van der Waals surface area (Å²) in [5.74, 6) is -0.747. The summed E-state index contributed by atoms with van der Waals surface area (Å²) < 4.78 is 6.72. The van der Waals surface area contributed by atoms with Crippen molar-refractivity contribution in [3.8, 4) is 0 Å². The topological polar surface area (TPSA) is 121 Å². The van der Waals surface area contributed by atoms with Gasteiger partial charge in [0, 0.05) is 26.3 Å². The van der Waals surface area contributed by atoms with Gasteiger partial charge < -0.3 is 25.0 Å². The Kier molecular flexibility index (Phi) is 5.92. The molecule has 9 nitrogen and oxygen atoms in total. The quantitative estimate of drug-likeness (QED) is 0.546. The Balaban J connectivity index is 1.50. The molecule has 146 valence electrons. The Labute approximate surface area is 157 Å². The molecule has 1 fully saturated rings. The summed E-state index contributed by atoms with van der Waals surface area (Å²) in [7, 11) is 3.37. The fourth-order valence-corrected chi connectivity index (χ4v) is 3.37. The summed E-state index contributed by atoms with van der Waals surface area (Å²) in [6.45, 7) is 0.726. The number of aryl methyl sites for hydroxylation is 1. The molecule has 0 radical (unpaired) electrons. The third-order valence-corrected chi connectivity index (χ3v) is 4.82. The Hall–Kier alpha value is -2.65. The number of hydrogen-bond donors (Lipinski definition) is 4. The Morgan fingerprint density at radius 2 is 2.26 bits per heavy atom. The fourth-order valence-electron chi connectivity index (χ4n) is 3.37. The summed E-state index contributed by atoms with van der Waals surface area (Å²) in [6, 6.07) is 4.88. The molecule has 1 aliphatic carbocycles. The van der Waals surface area contributed by atoms with Gasteiger partial charge in [-0.25, -0.2) is 0 Å². The highest BCUT2D eigenvalue weighted by Gasteiger charge is 2.37. The van der Waals surface area contributed by atoms with Crippen LogP contribution in [-0.4, -0.2) is 50.9 Å². The molecule has 2 aromatic rings. The molecule has 4 N–H and O–H groups in total. The van der Waals surface area contributed by atoms with Gasteiger partial charge in [0.05, 0.1) is 36.7 Å². The first-order valence-electron chi connectivity index (χ1n) is 8.88. The van der Waals surface area contributed by atoms with Crippen molar-refractivity contribution < 1.29 is 19.4 Å². The van der Waals surface area contributed by atoms with Crippen molar-refractivity contribution >= 4 is 11.8 Å². The zero-order valence-electron chi connectivity index (χ0n) is 15.4. The average Bonchev–Trinajstić information content (AvgIpc) is 3.34. The van der Waals surface area contributed by atoms with Gasteiger partial charge in [0.1, 0.15) is 5.69 Å². The van der Waals surface area contributed by atoms with Gasteiger partial charge in [0.15, 0.2) is 0 Å². The minimum atomic E-state index is -0.745. The number of nitrogens with zero attached hydrogens (tertiary/aromatic N) is 2. The van der Waals surface area contributed by atoms with Crippen LogP contribution in [0.4, 0.5) is 0 Å². The van der Waals surface area contributed by atoms with Crippen molar-refractivity contribution in [2.45, 2.75) is 38.1 Å². The molecule has 2 heterocycles. The molecular formula is C18H25N5O4. The van der Waals surface area contributed by atoms with Crippen LogP contribution in [0.2, 0.25) is 0 Å². The van der Waals surface area contributed by atoms with Crippen LogP contribution in [0, 0.1) is 5.92 Å². The van der Waals surface area contributed by atoms with Crippen LogP contribution in [0.1, 0.15) is 34.7 Å². The number of nitrogens with one attached hydrogen (secondary N) is 3. The first-order valence-corrected chi connectivity index (χ1v) is 8.88.